The molecule has 1 aromatic carbocycles. The monoisotopic (exact) mass is 296 g/mol. The lowest BCUT2D eigenvalue weighted by atomic mass is 10.3. The largest absolute Gasteiger partial charge is 0.417 e. The van der Waals surface area contributed by atoms with Crippen molar-refractivity contribution in [3.63, 3.8) is 0 Å². The number of anilines is 1. The number of benzene rings is 1. The molecule has 2 aromatic heterocycles. The van der Waals surface area contributed by atoms with Gasteiger partial charge in [0.05, 0.1) is 5.52 Å². The number of H-pyrrole nitrogens is 1. The van der Waals surface area contributed by atoms with Gasteiger partial charge in [0.1, 0.15) is 0 Å². The van der Waals surface area contributed by atoms with E-state index in [9.17, 15) is 9.59 Å². The lowest BCUT2D eigenvalue weighted by molar-refractivity contribution is 0.102. The van der Waals surface area contributed by atoms with Crippen LogP contribution in [0.25, 0.3) is 11.1 Å². The average Bonchev–Trinajstić information content (AvgIpc) is 2.93. The smallest absolute Gasteiger partial charge is 0.408 e. The first kappa shape index (κ1) is 11.9. The predicted molar refractivity (Wildman–Crippen MR) is 69.7 cm³/mol. The second-order valence-electron chi connectivity index (χ2n) is 3.54. The Morgan fingerprint density at radius 3 is 3.00 bits per heavy atom. The van der Waals surface area contributed by atoms with E-state index in [0.29, 0.717) is 16.8 Å². The Balaban J connectivity index is 1.88. The minimum atomic E-state index is -0.547. The summed E-state index contributed by atoms with van der Waals surface area (Å²) in [4.78, 5) is 25.3. The molecular formula is C10H5ClN4O3S. The van der Waals surface area contributed by atoms with E-state index >= 15 is 0 Å². The molecule has 3 rings (SSSR count). The summed E-state index contributed by atoms with van der Waals surface area (Å²) in [5.41, 5.74) is 1.42. The highest BCUT2D eigenvalue weighted by Crippen LogP contribution is 2.19. The summed E-state index contributed by atoms with van der Waals surface area (Å²) in [5, 5.41) is 9.95. The van der Waals surface area contributed by atoms with Crippen molar-refractivity contribution >= 4 is 45.6 Å². The van der Waals surface area contributed by atoms with Crippen LogP contribution in [-0.4, -0.2) is 21.1 Å². The molecule has 0 saturated carbocycles. The van der Waals surface area contributed by atoms with E-state index in [2.05, 4.69) is 20.5 Å². The van der Waals surface area contributed by atoms with E-state index in [1.165, 1.54) is 0 Å². The average molecular weight is 297 g/mol. The third-order valence-electron chi connectivity index (χ3n) is 2.27. The summed E-state index contributed by atoms with van der Waals surface area (Å²) in [6.07, 6.45) is 0. The number of nitrogens with zero attached hydrogens (tertiary/aromatic N) is 2. The highest BCUT2D eigenvalue weighted by Gasteiger charge is 2.12. The zero-order valence-electron chi connectivity index (χ0n) is 9.14. The second kappa shape index (κ2) is 4.48. The molecule has 0 atom stereocenters. The molecule has 96 valence electrons. The van der Waals surface area contributed by atoms with Crippen LogP contribution < -0.4 is 11.1 Å². The fraction of sp³-hybridized carbons (Fsp3) is 0. The van der Waals surface area contributed by atoms with Crippen molar-refractivity contribution in [3.8, 4) is 0 Å². The zero-order chi connectivity index (χ0) is 13.4. The Hall–Kier alpha value is -2.19. The molecule has 0 saturated heterocycles. The van der Waals surface area contributed by atoms with Crippen LogP contribution in [-0.2, 0) is 0 Å². The van der Waals surface area contributed by atoms with Crippen LogP contribution in [0.5, 0.6) is 0 Å². The van der Waals surface area contributed by atoms with Crippen molar-refractivity contribution in [3.05, 3.63) is 38.2 Å². The number of amides is 1. The predicted octanol–water partition coefficient (Wildman–Crippen LogP) is 1.88. The number of nitrogens with one attached hydrogen (secondary N) is 2. The Morgan fingerprint density at radius 1 is 1.42 bits per heavy atom. The molecule has 0 radical (unpaired) electrons. The Labute approximate surface area is 114 Å². The highest BCUT2D eigenvalue weighted by molar-refractivity contribution is 7.17. The van der Waals surface area contributed by atoms with E-state index in [1.807, 2.05) is 0 Å². The fourth-order valence-corrected chi connectivity index (χ4v) is 2.24. The van der Waals surface area contributed by atoms with Crippen LogP contribution in [0.15, 0.2) is 27.4 Å². The standard InChI is InChI=1S/C10H5ClN4O3S/c11-9-15-14-8(19-9)7(16)12-4-1-2-6-5(3-4)13-10(17)18-6/h1-3H,(H,12,16)(H,13,17). The van der Waals surface area contributed by atoms with Gasteiger partial charge in [-0.05, 0) is 29.8 Å². The van der Waals surface area contributed by atoms with Gasteiger partial charge in [0.2, 0.25) is 9.47 Å². The SMILES string of the molecule is O=C(Nc1ccc2oc(=O)[nH]c2c1)c1nnc(Cl)s1. The summed E-state index contributed by atoms with van der Waals surface area (Å²) in [6.45, 7) is 0. The van der Waals surface area contributed by atoms with E-state index in [-0.39, 0.29) is 9.47 Å². The maximum absolute atomic E-state index is 11.8. The van der Waals surface area contributed by atoms with Gasteiger partial charge in [-0.1, -0.05) is 11.3 Å². The molecule has 0 aliphatic rings. The zero-order valence-corrected chi connectivity index (χ0v) is 10.7. The maximum atomic E-state index is 11.8. The summed E-state index contributed by atoms with van der Waals surface area (Å²) in [5.74, 6) is -0.969. The van der Waals surface area contributed by atoms with Crippen LogP contribution in [0.4, 0.5) is 5.69 Å². The van der Waals surface area contributed by atoms with Gasteiger partial charge < -0.3 is 9.73 Å². The van der Waals surface area contributed by atoms with Gasteiger partial charge in [0, 0.05) is 5.69 Å². The first-order valence-corrected chi connectivity index (χ1v) is 6.24. The third-order valence-corrected chi connectivity index (χ3v) is 3.29. The van der Waals surface area contributed by atoms with E-state index in [1.54, 1.807) is 18.2 Å². The van der Waals surface area contributed by atoms with Crippen molar-refractivity contribution in [2.45, 2.75) is 0 Å². The molecule has 2 N–H and O–H groups in total. The van der Waals surface area contributed by atoms with Crippen molar-refractivity contribution in [1.29, 1.82) is 0 Å². The van der Waals surface area contributed by atoms with Gasteiger partial charge in [-0.25, -0.2) is 4.79 Å². The minimum Gasteiger partial charge on any atom is -0.408 e. The normalized spacial score (nSPS) is 10.8. The van der Waals surface area contributed by atoms with E-state index in [4.69, 9.17) is 16.0 Å². The van der Waals surface area contributed by atoms with E-state index < -0.39 is 11.7 Å². The van der Waals surface area contributed by atoms with Gasteiger partial charge in [0.25, 0.3) is 5.91 Å². The summed E-state index contributed by atoms with van der Waals surface area (Å²) in [7, 11) is 0. The molecule has 0 aliphatic carbocycles. The van der Waals surface area contributed by atoms with Gasteiger partial charge in [-0.3, -0.25) is 9.78 Å². The van der Waals surface area contributed by atoms with Gasteiger partial charge >= 0.3 is 5.76 Å². The topological polar surface area (TPSA) is 101 Å². The van der Waals surface area contributed by atoms with Gasteiger partial charge in [-0.15, -0.1) is 10.2 Å². The number of aromatic nitrogens is 3. The highest BCUT2D eigenvalue weighted by atomic mass is 35.5. The Bertz CT molecular complexity index is 821. The van der Waals surface area contributed by atoms with Crippen molar-refractivity contribution in [2.24, 2.45) is 0 Å². The second-order valence-corrected chi connectivity index (χ2v) is 5.10. The number of aromatic amines is 1. The van der Waals surface area contributed by atoms with Crippen LogP contribution in [0, 0.1) is 0 Å². The number of fused-ring (bicyclic) bond motifs is 1. The quantitative estimate of drug-likeness (QED) is 0.752. The molecular weight excluding hydrogens is 292 g/mol. The molecule has 19 heavy (non-hydrogen) atoms. The molecule has 0 bridgehead atoms. The number of hydrogen-bond acceptors (Lipinski definition) is 6. The fourth-order valence-electron chi connectivity index (χ4n) is 1.51. The number of hydrogen-bond donors (Lipinski definition) is 2. The lowest BCUT2D eigenvalue weighted by Crippen LogP contribution is -2.11. The van der Waals surface area contributed by atoms with Crippen LogP contribution >= 0.6 is 22.9 Å². The molecule has 1 amide bonds. The molecule has 9 heteroatoms. The third kappa shape index (κ3) is 2.35. The number of carbonyl (C=O) groups excluding carboxylic acids is 1. The van der Waals surface area contributed by atoms with E-state index in [0.717, 1.165) is 11.3 Å². The minimum absolute atomic E-state index is 0.158. The van der Waals surface area contributed by atoms with Crippen LogP contribution in [0.3, 0.4) is 0 Å². The van der Waals surface area contributed by atoms with Crippen molar-refractivity contribution in [2.75, 3.05) is 5.32 Å². The maximum Gasteiger partial charge on any atom is 0.417 e. The number of rotatable bonds is 2. The molecule has 2 heterocycles. The van der Waals surface area contributed by atoms with Crippen LogP contribution in [0.2, 0.25) is 4.47 Å². The molecule has 0 aliphatic heterocycles. The van der Waals surface area contributed by atoms with Gasteiger partial charge in [-0.2, -0.15) is 0 Å². The Kier molecular flexibility index (Phi) is 2.80. The van der Waals surface area contributed by atoms with Crippen LogP contribution in [0.1, 0.15) is 9.80 Å². The number of oxazole rings is 1. The molecule has 3 aromatic rings. The molecule has 0 fully saturated rings. The number of halogens is 1. The first-order valence-electron chi connectivity index (χ1n) is 5.05. The van der Waals surface area contributed by atoms with Gasteiger partial charge in [0.15, 0.2) is 5.58 Å². The lowest BCUT2D eigenvalue weighted by Gasteiger charge is -2.01. The summed E-state index contributed by atoms with van der Waals surface area (Å²) >= 11 is 6.58. The number of carbonyl (C=O) groups is 1. The Morgan fingerprint density at radius 2 is 2.26 bits per heavy atom. The van der Waals surface area contributed by atoms with Crippen molar-refractivity contribution in [1.82, 2.24) is 15.2 Å². The summed E-state index contributed by atoms with van der Waals surface area (Å²) in [6, 6.07) is 4.77. The molecule has 0 spiro atoms. The molecule has 7 nitrogen and oxygen atoms in total. The molecule has 0 unspecified atom stereocenters. The first-order chi connectivity index (χ1) is 9.11. The summed E-state index contributed by atoms with van der Waals surface area (Å²) < 4.78 is 5.05. The van der Waals surface area contributed by atoms with Crippen molar-refractivity contribution < 1.29 is 9.21 Å².